The van der Waals surface area contributed by atoms with Gasteiger partial charge in [-0.15, -0.1) is 0 Å². The number of nitrogens with zero attached hydrogens (tertiary/aromatic N) is 4. The number of benzene rings is 2. The molecule has 0 spiro atoms. The molecule has 5 aliphatic carbocycles. The van der Waals surface area contributed by atoms with Crippen molar-refractivity contribution in [1.29, 1.82) is 0 Å². The highest BCUT2D eigenvalue weighted by molar-refractivity contribution is 5.71. The molecule has 2 aromatic rings. The molecule has 410 valence electrons. The first kappa shape index (κ1) is 64.4. The lowest BCUT2D eigenvalue weighted by Crippen LogP contribution is -3.00. The minimum Gasteiger partial charge on any atom is -1.00 e. The van der Waals surface area contributed by atoms with Gasteiger partial charge in [0.15, 0.2) is 13.1 Å². The fraction of sp³-hybridized carbons (Fsp3) is 0.733. The molecule has 72 heavy (non-hydrogen) atoms. The summed E-state index contributed by atoms with van der Waals surface area (Å²) < 4.78 is 16.2. The van der Waals surface area contributed by atoms with Gasteiger partial charge >= 0.3 is 11.9 Å². The highest BCUT2D eigenvalue weighted by atomic mass is 35.5. The first-order valence-corrected chi connectivity index (χ1v) is 26.9. The number of hydrogen-bond donors (Lipinski definition) is 0. The smallest absolute Gasteiger partial charge is 0.362 e. The summed E-state index contributed by atoms with van der Waals surface area (Å²) in [6.07, 6.45) is 11.6. The van der Waals surface area contributed by atoms with Crippen LogP contribution in [0.1, 0.15) is 117 Å². The molecule has 0 aliphatic heterocycles. The Morgan fingerprint density at radius 1 is 0.569 bits per heavy atom. The second kappa shape index (κ2) is 23.8. The van der Waals surface area contributed by atoms with E-state index >= 15 is 0 Å². The van der Waals surface area contributed by atoms with E-state index in [0.29, 0.717) is 58.3 Å². The van der Waals surface area contributed by atoms with E-state index in [4.69, 9.17) is 9.47 Å². The van der Waals surface area contributed by atoms with Gasteiger partial charge in [-0.1, -0.05) is 107 Å². The number of carbonyl (C=O) groups is 2. The van der Waals surface area contributed by atoms with Crippen LogP contribution in [0.5, 0.6) is 0 Å². The largest absolute Gasteiger partial charge is 1.00 e. The lowest BCUT2D eigenvalue weighted by molar-refractivity contribution is -0.949. The van der Waals surface area contributed by atoms with Gasteiger partial charge < -0.3 is 77.0 Å². The number of allylic oxidation sites excluding steroid dienone is 1. The highest BCUT2D eigenvalue weighted by Crippen LogP contribution is 2.77. The van der Waals surface area contributed by atoms with E-state index in [-0.39, 0.29) is 94.7 Å². The lowest BCUT2D eigenvalue weighted by atomic mass is 9.32. The monoisotopic (exact) mass is 1080 g/mol. The predicted molar refractivity (Wildman–Crippen MR) is 278 cm³/mol. The molecule has 5 fully saturated rings. The van der Waals surface area contributed by atoms with Crippen molar-refractivity contribution in [3.8, 4) is 0 Å². The summed E-state index contributed by atoms with van der Waals surface area (Å²) in [7, 11) is 17.9. The Morgan fingerprint density at radius 3 is 1.58 bits per heavy atom. The van der Waals surface area contributed by atoms with E-state index in [1.807, 2.05) is 0 Å². The normalized spacial score (nSPS) is 31.8. The Hall–Kier alpha value is -1.88. The molecular formula is C60H98Cl4N4O4. The third-order valence-corrected chi connectivity index (χ3v) is 20.6. The minimum atomic E-state index is -0.0969. The zero-order chi connectivity index (χ0) is 49.8. The lowest BCUT2D eigenvalue weighted by Gasteiger charge is -2.73. The fourth-order valence-corrected chi connectivity index (χ4v) is 16.4. The molecule has 10 atom stereocenters. The van der Waals surface area contributed by atoms with E-state index in [1.165, 1.54) is 48.8 Å². The van der Waals surface area contributed by atoms with Gasteiger partial charge in [-0.3, -0.25) is 0 Å². The molecule has 8 nitrogen and oxygen atoms in total. The second-order valence-corrected chi connectivity index (χ2v) is 27.8. The van der Waals surface area contributed by atoms with Gasteiger partial charge in [0.1, 0.15) is 45.4 Å². The average Bonchev–Trinajstić information content (AvgIpc) is 3.64. The van der Waals surface area contributed by atoms with Gasteiger partial charge in [-0.2, -0.15) is 0 Å². The van der Waals surface area contributed by atoms with Gasteiger partial charge in [0, 0.05) is 22.0 Å². The first-order chi connectivity index (χ1) is 31.6. The third-order valence-electron chi connectivity index (χ3n) is 20.6. The molecule has 7 rings (SSSR count). The summed E-state index contributed by atoms with van der Waals surface area (Å²) in [6, 6.07) is 21.5. The zero-order valence-electron chi connectivity index (χ0n) is 47.3. The van der Waals surface area contributed by atoms with Crippen LogP contribution >= 0.6 is 0 Å². The topological polar surface area (TPSA) is 52.6 Å². The standard InChI is InChI=1S/C60H98N4O4.4ClH/c1-45(2)48-28-33-60(44-67-53(65)42-63(12,13)38-36-61(8,9)40-46-22-18-16-19-23-46)35-34-58(6)49(55(48)60)26-27-51-57(5)31-30-52(56(3,4)50(57)29-32-59(51,58)7)68-54(66)43-64(14,15)39-37-62(10,11)41-47-24-20-17-21-25-47;;;;/h16-25,48-52,55H,1,26-44H2,2-15H3;4*1H/q+4;;;;/p-4/t48-,49?,50?,51?,52-,55?,57-,58+,59+,60+;;;;/m0..../s1. The molecule has 4 unspecified atom stereocenters. The first-order valence-electron chi connectivity index (χ1n) is 26.9. The molecule has 0 aromatic heterocycles. The number of rotatable bonds is 18. The van der Waals surface area contributed by atoms with Gasteiger partial charge in [-0.05, 0) is 117 Å². The quantitative estimate of drug-likeness (QED) is 0.107. The molecule has 0 amide bonds. The molecule has 0 saturated heterocycles. The number of fused-ring (bicyclic) bond motifs is 7. The maximum Gasteiger partial charge on any atom is 0.362 e. The minimum absolute atomic E-state index is 0. The maximum atomic E-state index is 13.9. The van der Waals surface area contributed by atoms with Crippen LogP contribution in [0.25, 0.3) is 0 Å². The van der Waals surface area contributed by atoms with Crippen molar-refractivity contribution in [2.24, 2.45) is 56.7 Å². The van der Waals surface area contributed by atoms with E-state index in [1.54, 1.807) is 0 Å². The fourth-order valence-electron chi connectivity index (χ4n) is 16.4. The summed E-state index contributed by atoms with van der Waals surface area (Å²) in [5.74, 6) is 2.62. The number of hydrogen-bond acceptors (Lipinski definition) is 4. The molecule has 12 heteroatoms. The molecule has 5 aliphatic rings. The van der Waals surface area contributed by atoms with Gasteiger partial charge in [-0.25, -0.2) is 9.59 Å². The van der Waals surface area contributed by atoms with Gasteiger partial charge in [0.05, 0.1) is 63.0 Å². The SMILES string of the molecule is C=C(C)[C@@H]1CC[C@]2(COC(=O)C[N+](C)(C)CC[N+](C)(C)Cc3ccccc3)CC[C@]3(C)C(CCC4[C@@]5(C)CC[C@H](OC(=O)C[N+](C)(C)CC[N+](C)(C)Cc6ccccc6)C(C)(C)C5CC[C@]43C)C12.[Cl-].[Cl-].[Cl-].[Cl-]. The predicted octanol–water partition coefficient (Wildman–Crippen LogP) is -1.18. The third kappa shape index (κ3) is 13.4. The summed E-state index contributed by atoms with van der Waals surface area (Å²) >= 11 is 0. The van der Waals surface area contributed by atoms with Crippen LogP contribution in [0.2, 0.25) is 0 Å². The van der Waals surface area contributed by atoms with Crippen molar-refractivity contribution in [1.82, 2.24) is 0 Å². The highest BCUT2D eigenvalue weighted by Gasteiger charge is 2.71. The molecule has 0 bridgehead atoms. The molecule has 0 heterocycles. The van der Waals surface area contributed by atoms with Crippen molar-refractivity contribution in [3.63, 3.8) is 0 Å². The van der Waals surface area contributed by atoms with E-state index in [9.17, 15) is 9.59 Å². The van der Waals surface area contributed by atoms with Crippen LogP contribution in [0.15, 0.2) is 72.8 Å². The Morgan fingerprint density at radius 2 is 1.07 bits per heavy atom. The second-order valence-electron chi connectivity index (χ2n) is 27.8. The number of likely N-dealkylation sites (N-methyl/N-ethyl adjacent to an activating group) is 4. The molecule has 5 saturated carbocycles. The molecular weight excluding hydrogens is 982 g/mol. The van der Waals surface area contributed by atoms with Crippen LogP contribution in [0.3, 0.4) is 0 Å². The molecule has 2 aromatic carbocycles. The Kier molecular flexibility index (Phi) is 21.3. The number of carbonyl (C=O) groups excluding carboxylic acids is 2. The number of halogens is 4. The Balaban J connectivity index is 0.00000342. The number of ether oxygens (including phenoxy) is 2. The van der Waals surface area contributed by atoms with Crippen molar-refractivity contribution in [2.75, 3.05) is 102 Å². The maximum absolute atomic E-state index is 13.9. The molecule has 0 N–H and O–H groups in total. The van der Waals surface area contributed by atoms with E-state index < -0.39 is 0 Å². The van der Waals surface area contributed by atoms with Crippen molar-refractivity contribution in [3.05, 3.63) is 83.9 Å². The van der Waals surface area contributed by atoms with Crippen LogP contribution < -0.4 is 49.6 Å². The zero-order valence-corrected chi connectivity index (χ0v) is 50.3. The number of quaternary nitrogens is 4. The van der Waals surface area contributed by atoms with E-state index in [0.717, 1.165) is 80.3 Å². The number of esters is 2. The average molecular weight is 1080 g/mol. The van der Waals surface area contributed by atoms with Crippen LogP contribution in [-0.2, 0) is 32.2 Å². The summed E-state index contributed by atoms with van der Waals surface area (Å²) in [5, 5.41) is 0. The summed E-state index contributed by atoms with van der Waals surface area (Å²) in [6.45, 7) is 27.0. The summed E-state index contributed by atoms with van der Waals surface area (Å²) in [5.41, 5.74) is 4.56. The van der Waals surface area contributed by atoms with Gasteiger partial charge in [0.2, 0.25) is 0 Å². The summed E-state index contributed by atoms with van der Waals surface area (Å²) in [4.78, 5) is 27.8. The van der Waals surface area contributed by atoms with Crippen molar-refractivity contribution in [2.45, 2.75) is 125 Å². The Bertz CT molecular complexity index is 2120. The van der Waals surface area contributed by atoms with Crippen LogP contribution in [0.4, 0.5) is 0 Å². The van der Waals surface area contributed by atoms with Crippen LogP contribution in [-0.4, -0.2) is 138 Å². The van der Waals surface area contributed by atoms with Gasteiger partial charge in [0.25, 0.3) is 0 Å². The van der Waals surface area contributed by atoms with Crippen molar-refractivity contribution >= 4 is 11.9 Å². The van der Waals surface area contributed by atoms with E-state index in [2.05, 4.69) is 165 Å². The molecule has 0 radical (unpaired) electrons. The van der Waals surface area contributed by atoms with Crippen LogP contribution in [0, 0.1) is 56.7 Å². The van der Waals surface area contributed by atoms with Crippen molar-refractivity contribution < 1.29 is 86.6 Å². The Labute approximate surface area is 463 Å².